The summed E-state index contributed by atoms with van der Waals surface area (Å²) < 4.78 is 6.21. The highest BCUT2D eigenvalue weighted by Crippen LogP contribution is 2.27. The van der Waals surface area contributed by atoms with E-state index in [1.54, 1.807) is 32.2 Å². The molecule has 1 unspecified atom stereocenters. The Morgan fingerprint density at radius 1 is 1.60 bits per heavy atom. The fourth-order valence-electron chi connectivity index (χ4n) is 1.06. The van der Waals surface area contributed by atoms with Gasteiger partial charge in [-0.05, 0) is 35.0 Å². The molecule has 0 aliphatic heterocycles. The van der Waals surface area contributed by atoms with Gasteiger partial charge in [0, 0.05) is 18.8 Å². The van der Waals surface area contributed by atoms with E-state index in [0.717, 1.165) is 4.47 Å². The van der Waals surface area contributed by atoms with Crippen LogP contribution in [0, 0.1) is 0 Å². The fraction of sp³-hybridized carbons (Fsp3) is 0.300. The fourth-order valence-corrected chi connectivity index (χ4v) is 1.40. The smallest absolute Gasteiger partial charge is 0.260 e. The number of carbonyl (C=O) groups excluding carboxylic acids is 1. The van der Waals surface area contributed by atoms with E-state index >= 15 is 0 Å². The van der Waals surface area contributed by atoms with Crippen LogP contribution in [-0.4, -0.2) is 19.1 Å². The van der Waals surface area contributed by atoms with Crippen LogP contribution in [-0.2, 0) is 4.79 Å². The van der Waals surface area contributed by atoms with E-state index in [-0.39, 0.29) is 5.91 Å². The highest BCUT2D eigenvalue weighted by molar-refractivity contribution is 9.10. The Hall–Kier alpha value is -1.23. The molecule has 0 spiro atoms. The summed E-state index contributed by atoms with van der Waals surface area (Å²) in [6.07, 6.45) is -0.548. The molecule has 5 heteroatoms. The molecule has 1 rings (SSSR count). The van der Waals surface area contributed by atoms with Crippen LogP contribution in [0.5, 0.6) is 5.75 Å². The van der Waals surface area contributed by atoms with Crippen LogP contribution in [0.15, 0.2) is 22.7 Å². The lowest BCUT2D eigenvalue weighted by Gasteiger charge is -2.14. The van der Waals surface area contributed by atoms with E-state index in [4.69, 9.17) is 10.5 Å². The van der Waals surface area contributed by atoms with E-state index in [1.807, 2.05) is 0 Å². The van der Waals surface area contributed by atoms with E-state index < -0.39 is 6.10 Å². The minimum absolute atomic E-state index is 0.177. The van der Waals surface area contributed by atoms with Gasteiger partial charge in [0.1, 0.15) is 5.75 Å². The summed E-state index contributed by atoms with van der Waals surface area (Å²) in [7, 11) is 1.57. The Balaban J connectivity index is 2.80. The number of hydrogen-bond donors (Lipinski definition) is 2. The molecule has 82 valence electrons. The number of amides is 1. The zero-order valence-corrected chi connectivity index (χ0v) is 10.2. The second-order valence-electron chi connectivity index (χ2n) is 3.06. The molecule has 3 N–H and O–H groups in total. The van der Waals surface area contributed by atoms with Crippen molar-refractivity contribution in [2.75, 3.05) is 12.8 Å². The van der Waals surface area contributed by atoms with Crippen molar-refractivity contribution in [3.63, 3.8) is 0 Å². The monoisotopic (exact) mass is 272 g/mol. The molecular formula is C10H13BrN2O2. The van der Waals surface area contributed by atoms with Crippen molar-refractivity contribution in [1.29, 1.82) is 0 Å². The Kier molecular flexibility index (Phi) is 3.96. The number of likely N-dealkylation sites (N-methyl/N-ethyl adjacent to an activating group) is 1. The number of nitrogens with two attached hydrogens (primary N) is 1. The Bertz CT molecular complexity index is 368. The largest absolute Gasteiger partial charge is 0.480 e. The topological polar surface area (TPSA) is 64.3 Å². The average molecular weight is 273 g/mol. The van der Waals surface area contributed by atoms with Gasteiger partial charge in [0.05, 0.1) is 4.47 Å². The lowest BCUT2D eigenvalue weighted by atomic mass is 10.3. The molecule has 0 aromatic heterocycles. The molecule has 0 saturated carbocycles. The van der Waals surface area contributed by atoms with Gasteiger partial charge in [-0.2, -0.15) is 0 Å². The van der Waals surface area contributed by atoms with Gasteiger partial charge < -0.3 is 15.8 Å². The van der Waals surface area contributed by atoms with Crippen LogP contribution in [0.2, 0.25) is 0 Å². The number of carbonyl (C=O) groups is 1. The standard InChI is InChI=1S/C10H13BrN2O2/c1-6(10(14)13-2)15-9-5-7(12)3-4-8(9)11/h3-6H,12H2,1-2H3,(H,13,14). The summed E-state index contributed by atoms with van der Waals surface area (Å²) in [4.78, 5) is 11.2. The van der Waals surface area contributed by atoms with Crippen LogP contribution in [0.4, 0.5) is 5.69 Å². The third-order valence-corrected chi connectivity index (χ3v) is 2.53. The summed E-state index contributed by atoms with van der Waals surface area (Å²) in [5.74, 6) is 0.385. The van der Waals surface area contributed by atoms with Gasteiger partial charge >= 0.3 is 0 Å². The second-order valence-corrected chi connectivity index (χ2v) is 3.92. The molecule has 0 radical (unpaired) electrons. The maximum atomic E-state index is 11.2. The maximum absolute atomic E-state index is 11.2. The Morgan fingerprint density at radius 3 is 2.87 bits per heavy atom. The molecule has 15 heavy (non-hydrogen) atoms. The molecule has 4 nitrogen and oxygen atoms in total. The highest BCUT2D eigenvalue weighted by atomic mass is 79.9. The predicted molar refractivity (Wildman–Crippen MR) is 62.7 cm³/mol. The number of ether oxygens (including phenoxy) is 1. The Morgan fingerprint density at radius 2 is 2.27 bits per heavy atom. The zero-order chi connectivity index (χ0) is 11.4. The number of benzene rings is 1. The number of nitrogens with one attached hydrogen (secondary N) is 1. The molecule has 1 amide bonds. The number of nitrogen functional groups attached to an aromatic ring is 1. The number of anilines is 1. The van der Waals surface area contributed by atoms with Crippen LogP contribution in [0.1, 0.15) is 6.92 Å². The van der Waals surface area contributed by atoms with Gasteiger partial charge in [-0.25, -0.2) is 0 Å². The molecule has 0 saturated heterocycles. The molecule has 1 aromatic rings. The van der Waals surface area contributed by atoms with Gasteiger partial charge in [0.25, 0.3) is 5.91 Å². The molecule has 0 aliphatic carbocycles. The summed E-state index contributed by atoms with van der Waals surface area (Å²) in [5, 5.41) is 2.51. The molecular weight excluding hydrogens is 260 g/mol. The first-order chi connectivity index (χ1) is 7.04. The van der Waals surface area contributed by atoms with Gasteiger partial charge in [-0.15, -0.1) is 0 Å². The van der Waals surface area contributed by atoms with Crippen molar-refractivity contribution in [3.05, 3.63) is 22.7 Å². The third kappa shape index (κ3) is 3.13. The van der Waals surface area contributed by atoms with Gasteiger partial charge in [0.15, 0.2) is 6.10 Å². The summed E-state index contributed by atoms with van der Waals surface area (Å²) in [6.45, 7) is 1.68. The zero-order valence-electron chi connectivity index (χ0n) is 8.58. The van der Waals surface area contributed by atoms with Gasteiger partial charge in [-0.1, -0.05) is 0 Å². The van der Waals surface area contributed by atoms with Crippen molar-refractivity contribution in [3.8, 4) is 5.75 Å². The van der Waals surface area contributed by atoms with Crippen molar-refractivity contribution in [2.24, 2.45) is 0 Å². The van der Waals surface area contributed by atoms with E-state index in [0.29, 0.717) is 11.4 Å². The lowest BCUT2D eigenvalue weighted by molar-refractivity contribution is -0.126. The summed E-state index contributed by atoms with van der Waals surface area (Å²) >= 11 is 3.32. The van der Waals surface area contributed by atoms with E-state index in [1.165, 1.54) is 0 Å². The van der Waals surface area contributed by atoms with E-state index in [2.05, 4.69) is 21.2 Å². The Labute approximate surface area is 96.9 Å². The summed E-state index contributed by atoms with van der Waals surface area (Å²) in [5.41, 5.74) is 6.21. The van der Waals surface area contributed by atoms with Crippen LogP contribution >= 0.6 is 15.9 Å². The van der Waals surface area contributed by atoms with E-state index in [9.17, 15) is 4.79 Å². The van der Waals surface area contributed by atoms with Crippen LogP contribution < -0.4 is 15.8 Å². The first-order valence-electron chi connectivity index (χ1n) is 4.48. The SMILES string of the molecule is CNC(=O)C(C)Oc1cc(N)ccc1Br. The highest BCUT2D eigenvalue weighted by Gasteiger charge is 2.14. The molecule has 0 fully saturated rings. The van der Waals surface area contributed by atoms with Gasteiger partial charge in [0.2, 0.25) is 0 Å². The van der Waals surface area contributed by atoms with Crippen LogP contribution in [0.3, 0.4) is 0 Å². The molecule has 1 aromatic carbocycles. The minimum atomic E-state index is -0.548. The van der Waals surface area contributed by atoms with Crippen molar-refractivity contribution < 1.29 is 9.53 Å². The molecule has 0 bridgehead atoms. The first-order valence-corrected chi connectivity index (χ1v) is 5.27. The predicted octanol–water partition coefficient (Wildman–Crippen LogP) is 1.54. The van der Waals surface area contributed by atoms with Crippen LogP contribution in [0.25, 0.3) is 0 Å². The first kappa shape index (κ1) is 11.8. The minimum Gasteiger partial charge on any atom is -0.480 e. The average Bonchev–Trinajstić information content (AvgIpc) is 2.22. The molecule has 0 aliphatic rings. The van der Waals surface area contributed by atoms with Crippen molar-refractivity contribution in [2.45, 2.75) is 13.0 Å². The number of hydrogen-bond acceptors (Lipinski definition) is 3. The molecule has 1 atom stereocenters. The van der Waals surface area contributed by atoms with Crippen molar-refractivity contribution in [1.82, 2.24) is 5.32 Å². The quantitative estimate of drug-likeness (QED) is 0.821. The summed E-state index contributed by atoms with van der Waals surface area (Å²) in [6, 6.07) is 5.20. The second kappa shape index (κ2) is 5.02. The molecule has 0 heterocycles. The lowest BCUT2D eigenvalue weighted by Crippen LogP contribution is -2.33. The normalized spacial score (nSPS) is 11.9. The third-order valence-electron chi connectivity index (χ3n) is 1.87. The number of rotatable bonds is 3. The van der Waals surface area contributed by atoms with Gasteiger partial charge in [-0.3, -0.25) is 4.79 Å². The maximum Gasteiger partial charge on any atom is 0.260 e. The van der Waals surface area contributed by atoms with Crippen molar-refractivity contribution >= 4 is 27.5 Å². The number of halogens is 1.